The van der Waals surface area contributed by atoms with Crippen LogP contribution in [-0.2, 0) is 16.0 Å². The lowest BCUT2D eigenvalue weighted by molar-refractivity contribution is -0.137. The lowest BCUT2D eigenvalue weighted by Crippen LogP contribution is -2.51. The average Bonchev–Trinajstić information content (AvgIpc) is 3.55. The highest BCUT2D eigenvalue weighted by Gasteiger charge is 2.42. The molecule has 2 amide bonds. The first-order chi connectivity index (χ1) is 16.2. The van der Waals surface area contributed by atoms with Crippen LogP contribution >= 0.6 is 0 Å². The molecular formula is C27H33N3O3. The topological polar surface area (TPSA) is 62.7 Å². The number of pyridine rings is 1. The standard InChI is InChI=1S/C27H33N3O3/c31-26(22-13-17-33-19-22)29-15-11-21(12-16-29)25(18-20-6-2-1-3-7-20)30(23-9-10-23)27(32)24-8-4-5-14-28-24/h1-8,14,21-23,25H,9-13,15-19H2. The predicted octanol–water partition coefficient (Wildman–Crippen LogP) is 3.57. The van der Waals surface area contributed by atoms with Crippen LogP contribution in [0.4, 0.5) is 0 Å². The second kappa shape index (κ2) is 10.0. The second-order valence-electron chi connectivity index (χ2n) is 9.64. The molecule has 6 nitrogen and oxygen atoms in total. The van der Waals surface area contributed by atoms with E-state index in [4.69, 9.17) is 4.74 Å². The third kappa shape index (κ3) is 5.11. The molecule has 0 bridgehead atoms. The summed E-state index contributed by atoms with van der Waals surface area (Å²) in [6.45, 7) is 2.78. The summed E-state index contributed by atoms with van der Waals surface area (Å²) in [5.74, 6) is 0.674. The van der Waals surface area contributed by atoms with Crippen LogP contribution in [0, 0.1) is 11.8 Å². The van der Waals surface area contributed by atoms with Crippen LogP contribution in [0.1, 0.15) is 48.2 Å². The maximum Gasteiger partial charge on any atom is 0.272 e. The summed E-state index contributed by atoms with van der Waals surface area (Å²) in [7, 11) is 0. The van der Waals surface area contributed by atoms with Gasteiger partial charge in [-0.3, -0.25) is 14.6 Å². The highest BCUT2D eigenvalue weighted by molar-refractivity contribution is 5.93. The maximum absolute atomic E-state index is 13.6. The number of ether oxygens (including phenoxy) is 1. The molecule has 6 heteroatoms. The van der Waals surface area contributed by atoms with E-state index in [0.717, 1.165) is 51.6 Å². The third-order valence-corrected chi connectivity index (χ3v) is 7.38. The van der Waals surface area contributed by atoms with Crippen molar-refractivity contribution in [2.45, 2.75) is 50.6 Å². The Balaban J connectivity index is 1.35. The van der Waals surface area contributed by atoms with Gasteiger partial charge < -0.3 is 14.5 Å². The van der Waals surface area contributed by atoms with Crippen LogP contribution in [0.2, 0.25) is 0 Å². The lowest BCUT2D eigenvalue weighted by Gasteiger charge is -2.42. The van der Waals surface area contributed by atoms with Gasteiger partial charge in [0.05, 0.1) is 12.5 Å². The van der Waals surface area contributed by atoms with Crippen molar-refractivity contribution >= 4 is 11.8 Å². The van der Waals surface area contributed by atoms with E-state index in [1.807, 2.05) is 29.2 Å². The van der Waals surface area contributed by atoms with Gasteiger partial charge in [-0.1, -0.05) is 36.4 Å². The Bertz CT molecular complexity index is 934. The number of hydrogen-bond acceptors (Lipinski definition) is 4. The van der Waals surface area contributed by atoms with Gasteiger partial charge in [-0.15, -0.1) is 0 Å². The van der Waals surface area contributed by atoms with Crippen LogP contribution in [-0.4, -0.2) is 65.0 Å². The quantitative estimate of drug-likeness (QED) is 0.651. The number of benzene rings is 1. The Morgan fingerprint density at radius 2 is 1.76 bits per heavy atom. The molecule has 1 aliphatic carbocycles. The first kappa shape index (κ1) is 22.1. The number of rotatable bonds is 7. The fourth-order valence-corrected chi connectivity index (χ4v) is 5.40. The van der Waals surface area contributed by atoms with E-state index in [9.17, 15) is 9.59 Å². The molecule has 3 aliphatic rings. The predicted molar refractivity (Wildman–Crippen MR) is 126 cm³/mol. The van der Waals surface area contributed by atoms with Crippen LogP contribution < -0.4 is 0 Å². The second-order valence-corrected chi connectivity index (χ2v) is 9.64. The van der Waals surface area contributed by atoms with Crippen molar-refractivity contribution in [2.24, 2.45) is 11.8 Å². The van der Waals surface area contributed by atoms with Gasteiger partial charge in [0, 0.05) is 38.0 Å². The molecule has 2 saturated heterocycles. The van der Waals surface area contributed by atoms with E-state index in [-0.39, 0.29) is 23.8 Å². The summed E-state index contributed by atoms with van der Waals surface area (Å²) < 4.78 is 5.43. The Hall–Kier alpha value is -2.73. The maximum atomic E-state index is 13.6. The van der Waals surface area contributed by atoms with E-state index in [0.29, 0.717) is 30.9 Å². The minimum absolute atomic E-state index is 0.0235. The van der Waals surface area contributed by atoms with Gasteiger partial charge >= 0.3 is 0 Å². The van der Waals surface area contributed by atoms with Gasteiger partial charge in [-0.05, 0) is 62.1 Å². The van der Waals surface area contributed by atoms with Crippen molar-refractivity contribution in [3.05, 3.63) is 66.0 Å². The molecule has 0 spiro atoms. The fourth-order valence-electron chi connectivity index (χ4n) is 5.40. The summed E-state index contributed by atoms with van der Waals surface area (Å²) in [6, 6.07) is 16.4. The van der Waals surface area contributed by atoms with Crippen LogP contribution in [0.25, 0.3) is 0 Å². The number of carbonyl (C=O) groups is 2. The van der Waals surface area contributed by atoms with Gasteiger partial charge in [-0.25, -0.2) is 0 Å². The molecule has 0 N–H and O–H groups in total. The molecule has 0 radical (unpaired) electrons. The van der Waals surface area contributed by atoms with Crippen molar-refractivity contribution in [3.8, 4) is 0 Å². The Kier molecular flexibility index (Phi) is 6.72. The van der Waals surface area contributed by atoms with Crippen LogP contribution in [0.15, 0.2) is 54.7 Å². The monoisotopic (exact) mass is 447 g/mol. The number of likely N-dealkylation sites (tertiary alicyclic amines) is 1. The van der Waals surface area contributed by atoms with E-state index in [1.54, 1.807) is 6.20 Å². The molecule has 2 aromatic rings. The van der Waals surface area contributed by atoms with Crippen molar-refractivity contribution in [3.63, 3.8) is 0 Å². The summed E-state index contributed by atoms with van der Waals surface area (Å²) in [6.07, 6.45) is 7.34. The van der Waals surface area contributed by atoms with Gasteiger partial charge in [0.1, 0.15) is 5.69 Å². The van der Waals surface area contributed by atoms with Crippen LogP contribution in [0.5, 0.6) is 0 Å². The molecular weight excluding hydrogens is 414 g/mol. The summed E-state index contributed by atoms with van der Waals surface area (Å²) in [5, 5.41) is 0. The van der Waals surface area contributed by atoms with E-state index >= 15 is 0 Å². The molecule has 5 rings (SSSR count). The molecule has 1 saturated carbocycles. The summed E-state index contributed by atoms with van der Waals surface area (Å²) in [4.78, 5) is 35.1. The highest BCUT2D eigenvalue weighted by Crippen LogP contribution is 2.36. The largest absolute Gasteiger partial charge is 0.381 e. The zero-order valence-corrected chi connectivity index (χ0v) is 19.1. The molecule has 1 aromatic heterocycles. The number of amides is 2. The SMILES string of the molecule is O=C(C1CCOC1)N1CCC(C(Cc2ccccc2)N(C(=O)c2ccccn2)C2CC2)CC1. The molecule has 2 aliphatic heterocycles. The number of hydrogen-bond donors (Lipinski definition) is 0. The third-order valence-electron chi connectivity index (χ3n) is 7.38. The number of carbonyl (C=O) groups excluding carboxylic acids is 2. The smallest absolute Gasteiger partial charge is 0.272 e. The zero-order valence-electron chi connectivity index (χ0n) is 19.1. The minimum Gasteiger partial charge on any atom is -0.381 e. The normalized spacial score (nSPS) is 22.2. The van der Waals surface area contributed by atoms with Gasteiger partial charge in [0.2, 0.25) is 5.91 Å². The number of nitrogens with zero attached hydrogens (tertiary/aromatic N) is 3. The zero-order chi connectivity index (χ0) is 22.6. The summed E-state index contributed by atoms with van der Waals surface area (Å²) in [5.41, 5.74) is 1.78. The van der Waals surface area contributed by atoms with Gasteiger partial charge in [0.25, 0.3) is 5.91 Å². The number of piperidine rings is 1. The van der Waals surface area contributed by atoms with E-state index in [1.165, 1.54) is 5.56 Å². The average molecular weight is 448 g/mol. The molecule has 2 atom stereocenters. The summed E-state index contributed by atoms with van der Waals surface area (Å²) >= 11 is 0. The minimum atomic E-state index is 0.0235. The van der Waals surface area contributed by atoms with Crippen molar-refractivity contribution in [1.29, 1.82) is 0 Å². The fraction of sp³-hybridized carbons (Fsp3) is 0.519. The molecule has 2 unspecified atom stereocenters. The lowest BCUT2D eigenvalue weighted by atomic mass is 9.84. The molecule has 174 valence electrons. The highest BCUT2D eigenvalue weighted by atomic mass is 16.5. The first-order valence-corrected chi connectivity index (χ1v) is 12.3. The Morgan fingerprint density at radius 3 is 2.39 bits per heavy atom. The van der Waals surface area contributed by atoms with E-state index < -0.39 is 0 Å². The molecule has 3 fully saturated rings. The Morgan fingerprint density at radius 1 is 1.00 bits per heavy atom. The van der Waals surface area contributed by atoms with Crippen molar-refractivity contribution in [1.82, 2.24) is 14.8 Å². The van der Waals surface area contributed by atoms with Gasteiger partial charge in [-0.2, -0.15) is 0 Å². The first-order valence-electron chi connectivity index (χ1n) is 12.3. The van der Waals surface area contributed by atoms with E-state index in [2.05, 4.69) is 34.1 Å². The van der Waals surface area contributed by atoms with Crippen molar-refractivity contribution in [2.75, 3.05) is 26.3 Å². The molecule has 1 aromatic carbocycles. The number of aromatic nitrogens is 1. The van der Waals surface area contributed by atoms with Crippen molar-refractivity contribution < 1.29 is 14.3 Å². The van der Waals surface area contributed by atoms with Crippen LogP contribution in [0.3, 0.4) is 0 Å². The Labute approximate surface area is 195 Å². The molecule has 3 heterocycles. The van der Waals surface area contributed by atoms with Gasteiger partial charge in [0.15, 0.2) is 0 Å². The molecule has 33 heavy (non-hydrogen) atoms.